The quantitative estimate of drug-likeness (QED) is 0.259. The number of amides is 2. The Morgan fingerprint density at radius 1 is 1.04 bits per heavy atom. The Morgan fingerprint density at radius 3 is 2.60 bits per heavy atom. The zero-order valence-electron chi connectivity index (χ0n) is 24.1. The highest BCUT2D eigenvalue weighted by Crippen LogP contribution is 2.39. The molecule has 1 fully saturated rings. The van der Waals surface area contributed by atoms with Crippen molar-refractivity contribution >= 4 is 34.1 Å². The van der Waals surface area contributed by atoms with Gasteiger partial charge < -0.3 is 20.7 Å². The fourth-order valence-corrected chi connectivity index (χ4v) is 5.52. The number of hydrogen-bond acceptors (Lipinski definition) is 7. The molecule has 2 aliphatic heterocycles. The summed E-state index contributed by atoms with van der Waals surface area (Å²) in [5.74, 6) is -2.24. The number of carbonyl (C=O) groups excluding carboxylic acids is 2. The highest BCUT2D eigenvalue weighted by atomic mass is 19.4. The van der Waals surface area contributed by atoms with Gasteiger partial charge in [-0.05, 0) is 48.2 Å². The molecule has 45 heavy (non-hydrogen) atoms. The molecule has 1 atom stereocenters. The summed E-state index contributed by atoms with van der Waals surface area (Å²) in [6.45, 7) is 5.36. The number of benzene rings is 2. The van der Waals surface area contributed by atoms with Crippen molar-refractivity contribution in [3.05, 3.63) is 94.8 Å². The normalized spacial score (nSPS) is 17.1. The molecule has 2 aromatic carbocycles. The molecule has 1 saturated heterocycles. The van der Waals surface area contributed by atoms with Gasteiger partial charge in [0.2, 0.25) is 0 Å². The van der Waals surface area contributed by atoms with Gasteiger partial charge in [0.25, 0.3) is 11.8 Å². The summed E-state index contributed by atoms with van der Waals surface area (Å²) >= 11 is 0. The summed E-state index contributed by atoms with van der Waals surface area (Å²) in [5.41, 5.74) is -0.469. The fraction of sp³-hybridized carbons (Fsp3) is 0.290. The van der Waals surface area contributed by atoms with Crippen LogP contribution in [-0.4, -0.2) is 70.9 Å². The first kappa shape index (κ1) is 30.2. The van der Waals surface area contributed by atoms with Gasteiger partial charge in [0.1, 0.15) is 17.7 Å². The van der Waals surface area contributed by atoms with E-state index in [2.05, 4.69) is 30.9 Å². The number of allylic oxidation sites excluding steroid dienone is 1. The van der Waals surface area contributed by atoms with Crippen molar-refractivity contribution in [1.82, 2.24) is 25.0 Å². The van der Waals surface area contributed by atoms with Crippen molar-refractivity contribution in [1.29, 1.82) is 0 Å². The van der Waals surface area contributed by atoms with Crippen LogP contribution in [0.3, 0.4) is 0 Å². The van der Waals surface area contributed by atoms with E-state index < -0.39 is 35.4 Å². The monoisotopic (exact) mass is 623 g/mol. The Balaban J connectivity index is 1.32. The van der Waals surface area contributed by atoms with Gasteiger partial charge in [0, 0.05) is 61.4 Å². The molecule has 4 heterocycles. The first-order chi connectivity index (χ1) is 21.6. The zero-order valence-corrected chi connectivity index (χ0v) is 24.1. The van der Waals surface area contributed by atoms with Crippen LogP contribution < -0.4 is 16.0 Å². The number of anilines is 2. The fourth-order valence-electron chi connectivity index (χ4n) is 5.52. The highest BCUT2D eigenvalue weighted by molar-refractivity contribution is 6.07. The number of pyridine rings is 1. The van der Waals surface area contributed by atoms with Gasteiger partial charge in [-0.3, -0.25) is 19.5 Å². The lowest BCUT2D eigenvalue weighted by atomic mass is 9.93. The van der Waals surface area contributed by atoms with Gasteiger partial charge in [0.15, 0.2) is 5.69 Å². The van der Waals surface area contributed by atoms with Crippen LogP contribution in [-0.2, 0) is 15.7 Å². The molecule has 234 valence electrons. The standard InChI is InChI=1S/C31H29F4N7O3/c1-18-27(30(44)39-22-4-2-21-17-36-7-6-19(21)14-22)28(20-3-5-23(24(32)15-20)31(33,34)35)42-26(38-18)16-25(40-42)29(43)37-8-9-41-10-12-45-13-11-41/h2-7,14-17,28,38H,8-13H2,1H3,(H,37,43)(H,39,44). The lowest BCUT2D eigenvalue weighted by Crippen LogP contribution is -2.41. The Kier molecular flexibility index (Phi) is 8.25. The topological polar surface area (TPSA) is 113 Å². The lowest BCUT2D eigenvalue weighted by Gasteiger charge is -2.30. The van der Waals surface area contributed by atoms with E-state index in [1.54, 1.807) is 43.6 Å². The van der Waals surface area contributed by atoms with Gasteiger partial charge >= 0.3 is 6.18 Å². The molecule has 1 unspecified atom stereocenters. The van der Waals surface area contributed by atoms with Crippen molar-refractivity contribution < 1.29 is 31.9 Å². The molecule has 0 saturated carbocycles. The summed E-state index contributed by atoms with van der Waals surface area (Å²) < 4.78 is 61.7. The summed E-state index contributed by atoms with van der Waals surface area (Å²) in [7, 11) is 0. The van der Waals surface area contributed by atoms with Crippen molar-refractivity contribution in [2.24, 2.45) is 0 Å². The Labute approximate surface area is 255 Å². The van der Waals surface area contributed by atoms with Crippen LogP contribution in [0.1, 0.15) is 34.6 Å². The second kappa shape index (κ2) is 12.3. The second-order valence-electron chi connectivity index (χ2n) is 10.8. The van der Waals surface area contributed by atoms with E-state index in [9.17, 15) is 27.2 Å². The molecule has 14 heteroatoms. The van der Waals surface area contributed by atoms with E-state index in [0.717, 1.165) is 36.0 Å². The number of fused-ring (bicyclic) bond motifs is 2. The van der Waals surface area contributed by atoms with Gasteiger partial charge in [-0.2, -0.15) is 18.3 Å². The third kappa shape index (κ3) is 6.37. The van der Waals surface area contributed by atoms with Crippen molar-refractivity contribution in [3.8, 4) is 0 Å². The molecular formula is C31H29F4N7O3. The molecule has 0 spiro atoms. The average molecular weight is 624 g/mol. The van der Waals surface area contributed by atoms with E-state index in [1.165, 1.54) is 10.7 Å². The van der Waals surface area contributed by atoms with Crippen LogP contribution in [0.4, 0.5) is 29.1 Å². The highest BCUT2D eigenvalue weighted by Gasteiger charge is 2.38. The van der Waals surface area contributed by atoms with Crippen LogP contribution in [0.25, 0.3) is 10.8 Å². The van der Waals surface area contributed by atoms with Crippen molar-refractivity contribution in [2.75, 3.05) is 50.0 Å². The number of nitrogens with one attached hydrogen (secondary N) is 3. The molecule has 0 radical (unpaired) electrons. The third-order valence-electron chi connectivity index (χ3n) is 7.78. The lowest BCUT2D eigenvalue weighted by molar-refractivity contribution is -0.140. The van der Waals surface area contributed by atoms with E-state index in [0.29, 0.717) is 49.6 Å². The predicted octanol–water partition coefficient (Wildman–Crippen LogP) is 4.58. The SMILES string of the molecule is CC1=C(C(=O)Nc2ccc3cnccc3c2)C(c2ccc(C(F)(F)F)c(F)c2)n2nc(C(=O)NCCN3CCOCC3)cc2N1. The van der Waals surface area contributed by atoms with E-state index >= 15 is 0 Å². The van der Waals surface area contributed by atoms with Gasteiger partial charge in [-0.1, -0.05) is 12.1 Å². The van der Waals surface area contributed by atoms with Crippen LogP contribution >= 0.6 is 0 Å². The minimum Gasteiger partial charge on any atom is -0.379 e. The molecule has 4 aromatic rings. The molecule has 10 nitrogen and oxygen atoms in total. The molecule has 6 rings (SSSR count). The van der Waals surface area contributed by atoms with Crippen LogP contribution in [0.5, 0.6) is 0 Å². The largest absolute Gasteiger partial charge is 0.419 e. The summed E-state index contributed by atoms with van der Waals surface area (Å²) in [4.78, 5) is 33.1. The first-order valence-corrected chi connectivity index (χ1v) is 14.3. The molecule has 0 aliphatic carbocycles. The summed E-state index contributed by atoms with van der Waals surface area (Å²) in [6, 6.07) is 9.84. The van der Waals surface area contributed by atoms with E-state index in [-0.39, 0.29) is 16.8 Å². The van der Waals surface area contributed by atoms with Gasteiger partial charge in [0.05, 0.1) is 24.4 Å². The maximum Gasteiger partial charge on any atom is 0.419 e. The van der Waals surface area contributed by atoms with E-state index in [4.69, 9.17) is 4.74 Å². The number of nitrogens with zero attached hydrogens (tertiary/aromatic N) is 4. The summed E-state index contributed by atoms with van der Waals surface area (Å²) in [6.07, 6.45) is -1.60. The number of alkyl halides is 3. The minimum absolute atomic E-state index is 0.0226. The number of halogens is 4. The number of carbonyl (C=O) groups is 2. The van der Waals surface area contributed by atoms with Crippen molar-refractivity contribution in [2.45, 2.75) is 19.1 Å². The average Bonchev–Trinajstić information content (AvgIpc) is 3.44. The second-order valence-corrected chi connectivity index (χ2v) is 10.8. The smallest absolute Gasteiger partial charge is 0.379 e. The molecule has 2 aliphatic rings. The molecule has 2 aromatic heterocycles. The zero-order chi connectivity index (χ0) is 31.7. The van der Waals surface area contributed by atoms with Crippen molar-refractivity contribution in [3.63, 3.8) is 0 Å². The Bertz CT molecular complexity index is 1800. The summed E-state index contributed by atoms with van der Waals surface area (Å²) in [5, 5.41) is 14.9. The van der Waals surface area contributed by atoms with Crippen LogP contribution in [0, 0.1) is 5.82 Å². The predicted molar refractivity (Wildman–Crippen MR) is 158 cm³/mol. The third-order valence-corrected chi connectivity index (χ3v) is 7.78. The van der Waals surface area contributed by atoms with Gasteiger partial charge in [-0.25, -0.2) is 9.07 Å². The van der Waals surface area contributed by atoms with E-state index in [1.807, 2.05) is 0 Å². The maximum atomic E-state index is 14.9. The first-order valence-electron chi connectivity index (χ1n) is 14.3. The van der Waals surface area contributed by atoms with Crippen LogP contribution in [0.2, 0.25) is 0 Å². The number of morpholine rings is 1. The molecule has 3 N–H and O–H groups in total. The number of ether oxygens (including phenoxy) is 1. The minimum atomic E-state index is -4.91. The van der Waals surface area contributed by atoms with Crippen LogP contribution in [0.15, 0.2) is 72.2 Å². The maximum absolute atomic E-state index is 14.9. The molecule has 0 bridgehead atoms. The number of aromatic nitrogens is 3. The Morgan fingerprint density at radius 2 is 1.84 bits per heavy atom. The Hall–Kier alpha value is -4.82. The molecule has 2 amide bonds. The number of rotatable bonds is 7. The van der Waals surface area contributed by atoms with Gasteiger partial charge in [-0.15, -0.1) is 0 Å². The molecular weight excluding hydrogens is 594 g/mol. The number of hydrogen-bond donors (Lipinski definition) is 3.